The largest absolute Gasteiger partial charge is 0.0889 e. The van der Waals surface area contributed by atoms with Crippen molar-refractivity contribution in [1.29, 1.82) is 0 Å². The highest BCUT2D eigenvalue weighted by atomic mass is 32.2. The van der Waals surface area contributed by atoms with Gasteiger partial charge in [-0.15, -0.1) is 0 Å². The lowest BCUT2D eigenvalue weighted by Gasteiger charge is -2.23. The fourth-order valence-corrected chi connectivity index (χ4v) is 5.19. The minimum Gasteiger partial charge on any atom is -0.0889 e. The van der Waals surface area contributed by atoms with Crippen LogP contribution in [0.4, 0.5) is 0 Å². The topological polar surface area (TPSA) is 0 Å². The van der Waals surface area contributed by atoms with Crippen LogP contribution in [0.15, 0.2) is 46.2 Å². The monoisotopic (exact) mass is 354 g/mol. The van der Waals surface area contributed by atoms with Crippen LogP contribution in [0.3, 0.4) is 0 Å². The Morgan fingerprint density at radius 2 is 0.720 bits per heavy atom. The van der Waals surface area contributed by atoms with E-state index in [0.717, 1.165) is 0 Å². The number of benzene rings is 2. The zero-order valence-corrected chi connectivity index (χ0v) is 18.0. The molecule has 2 rings (SSSR count). The van der Waals surface area contributed by atoms with E-state index >= 15 is 0 Å². The molecule has 136 valence electrons. The third-order valence-corrected chi connectivity index (χ3v) is 6.20. The van der Waals surface area contributed by atoms with Crippen molar-refractivity contribution >= 4 is 11.8 Å². The van der Waals surface area contributed by atoms with Crippen molar-refractivity contribution in [2.45, 2.75) is 88.9 Å². The molecule has 0 saturated carbocycles. The highest BCUT2D eigenvalue weighted by molar-refractivity contribution is 7.99. The molecule has 2 aromatic carbocycles. The Bertz CT molecular complexity index is 594. The second-order valence-corrected chi connectivity index (χ2v) is 9.27. The van der Waals surface area contributed by atoms with Gasteiger partial charge in [0.05, 0.1) is 0 Å². The second kappa shape index (κ2) is 8.45. The fraction of sp³-hybridized carbons (Fsp3) is 0.500. The summed E-state index contributed by atoms with van der Waals surface area (Å²) in [5.41, 5.74) is 5.91. The minimum atomic E-state index is 0.537. The third-order valence-electron chi connectivity index (χ3n) is 4.84. The minimum absolute atomic E-state index is 0.537. The average molecular weight is 355 g/mol. The summed E-state index contributed by atoms with van der Waals surface area (Å²) in [5.74, 6) is 2.15. The summed E-state index contributed by atoms with van der Waals surface area (Å²) in [4.78, 5) is 2.95. The molecule has 0 saturated heterocycles. The van der Waals surface area contributed by atoms with E-state index in [1.807, 2.05) is 11.8 Å². The van der Waals surface area contributed by atoms with E-state index in [9.17, 15) is 0 Å². The van der Waals surface area contributed by atoms with E-state index in [-0.39, 0.29) is 0 Å². The first-order chi connectivity index (χ1) is 11.7. The molecular weight excluding hydrogens is 320 g/mol. The molecule has 0 aliphatic carbocycles. The molecule has 0 bridgehead atoms. The van der Waals surface area contributed by atoms with E-state index in [2.05, 4.69) is 91.8 Å². The van der Waals surface area contributed by atoms with Crippen LogP contribution < -0.4 is 0 Å². The molecule has 0 aliphatic rings. The number of rotatable bonds is 6. The van der Waals surface area contributed by atoms with Crippen LogP contribution in [-0.4, -0.2) is 0 Å². The first-order valence-electron chi connectivity index (χ1n) is 9.67. The molecule has 0 fully saturated rings. The Hall–Kier alpha value is -1.21. The lowest BCUT2D eigenvalue weighted by atomic mass is 9.95. The molecule has 0 aliphatic heterocycles. The molecule has 0 heterocycles. The average Bonchev–Trinajstić information content (AvgIpc) is 2.54. The standard InChI is InChI=1S/C24H34S/c1-15(2)19-11-9-12-20(16(3)4)23(19)25-24-21(17(5)6)13-10-14-22(24)18(7)8/h9-18H,1-8H3. The van der Waals surface area contributed by atoms with E-state index in [1.54, 1.807) is 0 Å². The molecule has 1 heteroatoms. The zero-order chi connectivity index (χ0) is 18.7. The molecule has 0 spiro atoms. The quantitative estimate of drug-likeness (QED) is 0.502. The molecule has 2 aromatic rings. The highest BCUT2D eigenvalue weighted by Crippen LogP contribution is 2.44. The summed E-state index contributed by atoms with van der Waals surface area (Å²) >= 11 is 2.01. The van der Waals surface area contributed by atoms with Crippen molar-refractivity contribution in [1.82, 2.24) is 0 Å². The van der Waals surface area contributed by atoms with Crippen molar-refractivity contribution in [3.63, 3.8) is 0 Å². The van der Waals surface area contributed by atoms with E-state index in [1.165, 1.54) is 32.0 Å². The van der Waals surface area contributed by atoms with Gasteiger partial charge in [0, 0.05) is 9.79 Å². The van der Waals surface area contributed by atoms with Gasteiger partial charge in [0.15, 0.2) is 0 Å². The van der Waals surface area contributed by atoms with Gasteiger partial charge in [-0.3, -0.25) is 0 Å². The van der Waals surface area contributed by atoms with Gasteiger partial charge < -0.3 is 0 Å². The Labute approximate surface area is 159 Å². The molecular formula is C24H34S. The SMILES string of the molecule is CC(C)c1cccc(C(C)C)c1Sc1c(C(C)C)cccc1C(C)C. The van der Waals surface area contributed by atoms with Gasteiger partial charge in [-0.05, 0) is 45.9 Å². The summed E-state index contributed by atoms with van der Waals surface area (Å²) in [7, 11) is 0. The Morgan fingerprint density at radius 3 is 0.920 bits per heavy atom. The Kier molecular flexibility index (Phi) is 6.79. The molecule has 0 N–H and O–H groups in total. The summed E-state index contributed by atoms with van der Waals surface area (Å²) in [6, 6.07) is 13.7. The normalized spacial score (nSPS) is 12.0. The molecule has 0 nitrogen and oxygen atoms in total. The van der Waals surface area contributed by atoms with Crippen molar-refractivity contribution in [2.75, 3.05) is 0 Å². The summed E-state index contributed by atoms with van der Waals surface area (Å²) in [5, 5.41) is 0. The van der Waals surface area contributed by atoms with E-state index in [0.29, 0.717) is 23.7 Å². The first-order valence-corrected chi connectivity index (χ1v) is 10.5. The van der Waals surface area contributed by atoms with Gasteiger partial charge >= 0.3 is 0 Å². The van der Waals surface area contributed by atoms with Gasteiger partial charge in [-0.2, -0.15) is 0 Å². The molecule has 0 amide bonds. The van der Waals surface area contributed by atoms with Crippen LogP contribution in [0.1, 0.15) is 101 Å². The van der Waals surface area contributed by atoms with Gasteiger partial charge in [0.25, 0.3) is 0 Å². The smallest absolute Gasteiger partial charge is 0.0191 e. The van der Waals surface area contributed by atoms with Gasteiger partial charge in [-0.25, -0.2) is 0 Å². The number of hydrogen-bond acceptors (Lipinski definition) is 1. The van der Waals surface area contributed by atoms with E-state index in [4.69, 9.17) is 0 Å². The summed E-state index contributed by atoms with van der Waals surface area (Å²) < 4.78 is 0. The van der Waals surface area contributed by atoms with Crippen LogP contribution in [-0.2, 0) is 0 Å². The fourth-order valence-electron chi connectivity index (χ4n) is 3.30. The van der Waals surface area contributed by atoms with Gasteiger partial charge in [0.1, 0.15) is 0 Å². The van der Waals surface area contributed by atoms with Crippen LogP contribution in [0.25, 0.3) is 0 Å². The van der Waals surface area contributed by atoms with Crippen molar-refractivity contribution < 1.29 is 0 Å². The van der Waals surface area contributed by atoms with Crippen LogP contribution in [0, 0.1) is 0 Å². The first kappa shape index (κ1) is 20.1. The van der Waals surface area contributed by atoms with Gasteiger partial charge in [0.2, 0.25) is 0 Å². The second-order valence-electron chi connectivity index (χ2n) is 8.25. The molecule has 0 atom stereocenters. The summed E-state index contributed by atoms with van der Waals surface area (Å²) in [6.07, 6.45) is 0. The zero-order valence-electron chi connectivity index (χ0n) is 17.2. The van der Waals surface area contributed by atoms with Crippen LogP contribution in [0.2, 0.25) is 0 Å². The molecule has 25 heavy (non-hydrogen) atoms. The predicted molar refractivity (Wildman–Crippen MR) is 113 cm³/mol. The van der Waals surface area contributed by atoms with Crippen molar-refractivity contribution in [3.8, 4) is 0 Å². The maximum Gasteiger partial charge on any atom is 0.0191 e. The van der Waals surface area contributed by atoms with Gasteiger partial charge in [-0.1, -0.05) is 104 Å². The molecule has 0 unspecified atom stereocenters. The van der Waals surface area contributed by atoms with Crippen molar-refractivity contribution in [3.05, 3.63) is 58.7 Å². The maximum absolute atomic E-state index is 2.31. The van der Waals surface area contributed by atoms with E-state index < -0.39 is 0 Å². The van der Waals surface area contributed by atoms with Crippen molar-refractivity contribution in [2.24, 2.45) is 0 Å². The lowest BCUT2D eigenvalue weighted by molar-refractivity contribution is 0.783. The molecule has 0 radical (unpaired) electrons. The summed E-state index contributed by atoms with van der Waals surface area (Å²) in [6.45, 7) is 18.5. The van der Waals surface area contributed by atoms with Crippen LogP contribution in [0.5, 0.6) is 0 Å². The predicted octanol–water partition coefficient (Wildman–Crippen LogP) is 8.33. The molecule has 0 aromatic heterocycles. The van der Waals surface area contributed by atoms with Crippen LogP contribution >= 0.6 is 11.8 Å². The number of hydrogen-bond donors (Lipinski definition) is 0. The Balaban J connectivity index is 2.68. The third kappa shape index (κ3) is 4.50. The lowest BCUT2D eigenvalue weighted by Crippen LogP contribution is -2.02. The maximum atomic E-state index is 2.31. The Morgan fingerprint density at radius 1 is 0.480 bits per heavy atom. The highest BCUT2D eigenvalue weighted by Gasteiger charge is 2.20.